The number of halogens is 3. The van der Waals surface area contributed by atoms with Gasteiger partial charge in [-0.1, -0.05) is 54.6 Å². The normalized spacial score (nSPS) is 13.9. The zero-order valence-electron chi connectivity index (χ0n) is 12.6. The van der Waals surface area contributed by atoms with Crippen molar-refractivity contribution < 1.29 is 9.90 Å². The molecule has 2 unspecified atom stereocenters. The molecule has 2 atom stereocenters. The van der Waals surface area contributed by atoms with Crippen molar-refractivity contribution in [3.05, 3.63) is 32.8 Å². The molecule has 0 saturated carbocycles. The summed E-state index contributed by atoms with van der Waals surface area (Å²) < 4.78 is 0. The first-order valence-corrected chi connectivity index (χ1v) is 8.58. The highest BCUT2D eigenvalue weighted by Gasteiger charge is 2.20. The summed E-state index contributed by atoms with van der Waals surface area (Å²) >= 11 is 18.2. The van der Waals surface area contributed by atoms with Crippen LogP contribution in [0.25, 0.3) is 0 Å². The molecule has 3 nitrogen and oxygen atoms in total. The van der Waals surface area contributed by atoms with E-state index in [1.165, 1.54) is 0 Å². The van der Waals surface area contributed by atoms with Gasteiger partial charge in [-0.15, -0.1) is 0 Å². The minimum Gasteiger partial charge on any atom is -0.481 e. The molecule has 0 aliphatic carbocycles. The van der Waals surface area contributed by atoms with Crippen LogP contribution in [0.3, 0.4) is 0 Å². The average molecular weight is 367 g/mol. The Morgan fingerprint density at radius 2 is 1.86 bits per heavy atom. The van der Waals surface area contributed by atoms with Gasteiger partial charge < -0.3 is 10.8 Å². The molecule has 0 spiro atoms. The summed E-state index contributed by atoms with van der Waals surface area (Å²) in [4.78, 5) is 11.1. The van der Waals surface area contributed by atoms with Crippen LogP contribution in [0.15, 0.2) is 12.1 Å². The highest BCUT2D eigenvalue weighted by molar-refractivity contribution is 6.39. The predicted molar refractivity (Wildman–Crippen MR) is 93.0 cm³/mol. The third-order valence-electron chi connectivity index (χ3n) is 3.97. The first-order valence-electron chi connectivity index (χ1n) is 7.45. The van der Waals surface area contributed by atoms with Crippen molar-refractivity contribution in [2.75, 3.05) is 6.54 Å². The summed E-state index contributed by atoms with van der Waals surface area (Å²) in [6.07, 6.45) is 4.13. The summed E-state index contributed by atoms with van der Waals surface area (Å²) in [7, 11) is 0. The van der Waals surface area contributed by atoms with Crippen molar-refractivity contribution in [1.82, 2.24) is 0 Å². The molecule has 0 heterocycles. The van der Waals surface area contributed by atoms with Crippen molar-refractivity contribution in [1.29, 1.82) is 0 Å². The van der Waals surface area contributed by atoms with E-state index in [1.807, 2.05) is 0 Å². The standard InChI is InChI=1S/C16H22Cl3NO2/c1-2-10(6-11(9-20)16(21)22)4-3-5-13-14(18)7-12(17)8-15(13)19/h7-8,10-11H,2-6,9,20H2,1H3,(H,21,22). The number of aliphatic carboxylic acids is 1. The number of benzene rings is 1. The van der Waals surface area contributed by atoms with Gasteiger partial charge in [0.2, 0.25) is 0 Å². The maximum Gasteiger partial charge on any atom is 0.307 e. The van der Waals surface area contributed by atoms with Crippen LogP contribution in [0, 0.1) is 11.8 Å². The zero-order chi connectivity index (χ0) is 16.7. The molecule has 3 N–H and O–H groups in total. The van der Waals surface area contributed by atoms with Gasteiger partial charge in [-0.3, -0.25) is 4.79 Å². The fourth-order valence-corrected chi connectivity index (χ4v) is 3.57. The second kappa shape index (κ2) is 9.61. The van der Waals surface area contributed by atoms with Crippen LogP contribution >= 0.6 is 34.8 Å². The lowest BCUT2D eigenvalue weighted by Crippen LogP contribution is -2.25. The van der Waals surface area contributed by atoms with Gasteiger partial charge >= 0.3 is 5.97 Å². The Bertz CT molecular complexity index is 485. The lowest BCUT2D eigenvalue weighted by atomic mass is 9.88. The fraction of sp³-hybridized carbons (Fsp3) is 0.562. The molecule has 0 radical (unpaired) electrons. The Morgan fingerprint density at radius 1 is 1.27 bits per heavy atom. The molecule has 0 fully saturated rings. The van der Waals surface area contributed by atoms with Gasteiger partial charge in [0.15, 0.2) is 0 Å². The maximum atomic E-state index is 11.1. The zero-order valence-corrected chi connectivity index (χ0v) is 14.9. The molecule has 0 aromatic heterocycles. The quantitative estimate of drug-likeness (QED) is 0.643. The van der Waals surface area contributed by atoms with Crippen molar-refractivity contribution in [2.24, 2.45) is 17.6 Å². The van der Waals surface area contributed by atoms with Gasteiger partial charge in [-0.05, 0) is 42.9 Å². The molecule has 0 aliphatic rings. The van der Waals surface area contributed by atoms with E-state index in [4.69, 9.17) is 45.6 Å². The van der Waals surface area contributed by atoms with Crippen LogP contribution in [0.2, 0.25) is 15.1 Å². The molecule has 0 bridgehead atoms. The van der Waals surface area contributed by atoms with Gasteiger partial charge in [0.1, 0.15) is 0 Å². The Labute approximate surface area is 146 Å². The van der Waals surface area contributed by atoms with E-state index in [1.54, 1.807) is 12.1 Å². The smallest absolute Gasteiger partial charge is 0.307 e. The minimum atomic E-state index is -0.815. The van der Waals surface area contributed by atoms with E-state index in [2.05, 4.69) is 6.92 Å². The molecule has 0 aliphatic heterocycles. The monoisotopic (exact) mass is 365 g/mol. The molecular formula is C16H22Cl3NO2. The van der Waals surface area contributed by atoms with Gasteiger partial charge in [0.05, 0.1) is 5.92 Å². The van der Waals surface area contributed by atoms with Crippen molar-refractivity contribution >= 4 is 40.8 Å². The summed E-state index contributed by atoms with van der Waals surface area (Å²) in [6, 6.07) is 3.38. The van der Waals surface area contributed by atoms with Crippen LogP contribution in [0.5, 0.6) is 0 Å². The number of hydrogen-bond acceptors (Lipinski definition) is 2. The molecule has 1 aromatic carbocycles. The Morgan fingerprint density at radius 3 is 2.32 bits per heavy atom. The molecular weight excluding hydrogens is 345 g/mol. The Balaban J connectivity index is 2.56. The first-order chi connectivity index (χ1) is 10.4. The van der Waals surface area contributed by atoms with Crippen molar-refractivity contribution in [3.8, 4) is 0 Å². The highest BCUT2D eigenvalue weighted by Crippen LogP contribution is 2.31. The second-order valence-electron chi connectivity index (χ2n) is 5.52. The number of carboxylic acids is 1. The van der Waals surface area contributed by atoms with E-state index in [0.717, 1.165) is 31.2 Å². The minimum absolute atomic E-state index is 0.181. The van der Waals surface area contributed by atoms with Crippen LogP contribution < -0.4 is 5.73 Å². The molecule has 1 rings (SSSR count). The number of nitrogens with two attached hydrogens (primary N) is 1. The second-order valence-corrected chi connectivity index (χ2v) is 6.77. The number of carbonyl (C=O) groups is 1. The van der Waals surface area contributed by atoms with Crippen molar-refractivity contribution in [3.63, 3.8) is 0 Å². The molecule has 0 amide bonds. The fourth-order valence-electron chi connectivity index (χ4n) is 2.57. The summed E-state index contributed by atoms with van der Waals surface area (Å²) in [6.45, 7) is 2.25. The summed E-state index contributed by atoms with van der Waals surface area (Å²) in [5.41, 5.74) is 6.42. The first kappa shape index (κ1) is 19.6. The third-order valence-corrected chi connectivity index (χ3v) is 4.87. The third kappa shape index (κ3) is 5.96. The number of carboxylic acid groups (broad SMARTS) is 1. The predicted octanol–water partition coefficient (Wildman–Crippen LogP) is 5.05. The summed E-state index contributed by atoms with van der Waals surface area (Å²) in [5, 5.41) is 10.8. The average Bonchev–Trinajstić information content (AvgIpc) is 2.44. The number of rotatable bonds is 9. The van der Waals surface area contributed by atoms with Crippen molar-refractivity contribution in [2.45, 2.75) is 39.0 Å². The van der Waals surface area contributed by atoms with Crippen LogP contribution in [0.1, 0.15) is 38.2 Å². The molecule has 1 aromatic rings. The van der Waals surface area contributed by atoms with Gasteiger partial charge in [0, 0.05) is 21.6 Å². The topological polar surface area (TPSA) is 63.3 Å². The van der Waals surface area contributed by atoms with Crippen LogP contribution in [0.4, 0.5) is 0 Å². The number of hydrogen-bond donors (Lipinski definition) is 2. The molecule has 6 heteroatoms. The lowest BCUT2D eigenvalue weighted by molar-refractivity contribution is -0.142. The van der Waals surface area contributed by atoms with E-state index >= 15 is 0 Å². The summed E-state index contributed by atoms with van der Waals surface area (Å²) in [5.74, 6) is -0.938. The molecule has 0 saturated heterocycles. The Hall–Kier alpha value is -0.480. The van der Waals surface area contributed by atoms with E-state index in [0.29, 0.717) is 27.4 Å². The van der Waals surface area contributed by atoms with E-state index < -0.39 is 11.9 Å². The van der Waals surface area contributed by atoms with Gasteiger partial charge in [-0.25, -0.2) is 0 Å². The molecule has 124 valence electrons. The molecule has 22 heavy (non-hydrogen) atoms. The maximum absolute atomic E-state index is 11.1. The van der Waals surface area contributed by atoms with E-state index in [-0.39, 0.29) is 6.54 Å². The van der Waals surface area contributed by atoms with Gasteiger partial charge in [0.25, 0.3) is 0 Å². The Kier molecular flexibility index (Phi) is 8.55. The SMILES string of the molecule is CCC(CCCc1c(Cl)cc(Cl)cc1Cl)CC(CN)C(=O)O. The van der Waals surface area contributed by atoms with E-state index in [9.17, 15) is 4.79 Å². The lowest BCUT2D eigenvalue weighted by Gasteiger charge is -2.19. The van der Waals surface area contributed by atoms with Crippen LogP contribution in [-0.2, 0) is 11.2 Å². The van der Waals surface area contributed by atoms with Gasteiger partial charge in [-0.2, -0.15) is 0 Å². The van der Waals surface area contributed by atoms with Crippen LogP contribution in [-0.4, -0.2) is 17.6 Å². The largest absolute Gasteiger partial charge is 0.481 e. The highest BCUT2D eigenvalue weighted by atomic mass is 35.5.